The summed E-state index contributed by atoms with van der Waals surface area (Å²) < 4.78 is 14.6. The second-order valence-corrected chi connectivity index (χ2v) is 8.44. The molecule has 1 N–H and O–H groups in total. The molecule has 0 bridgehead atoms. The molecule has 2 aromatic carbocycles. The zero-order valence-corrected chi connectivity index (χ0v) is 18.9. The first kappa shape index (κ1) is 22.9. The molecular weight excluding hydrogens is 419 g/mol. The molecule has 1 aliphatic heterocycles. The van der Waals surface area contributed by atoms with Crippen LogP contribution >= 0.6 is 0 Å². The van der Waals surface area contributed by atoms with Crippen LogP contribution in [0.25, 0.3) is 0 Å². The van der Waals surface area contributed by atoms with E-state index in [0.29, 0.717) is 30.8 Å². The van der Waals surface area contributed by atoms with Gasteiger partial charge in [-0.2, -0.15) is 0 Å². The Kier molecular flexibility index (Phi) is 7.29. The Balaban J connectivity index is 1.49. The molecule has 0 saturated carbocycles. The van der Waals surface area contributed by atoms with Crippen molar-refractivity contribution in [3.8, 4) is 0 Å². The third kappa shape index (κ3) is 5.73. The molecule has 0 fully saturated rings. The summed E-state index contributed by atoms with van der Waals surface area (Å²) in [4.78, 5) is 33.0. The number of aromatic nitrogens is 2. The van der Waals surface area contributed by atoms with Gasteiger partial charge in [-0.05, 0) is 36.1 Å². The first-order chi connectivity index (χ1) is 16.0. The summed E-state index contributed by atoms with van der Waals surface area (Å²) in [5, 5.41) is 2.82. The van der Waals surface area contributed by atoms with Crippen molar-refractivity contribution in [1.82, 2.24) is 19.8 Å². The number of hydrogen-bond acceptors (Lipinski definition) is 4. The van der Waals surface area contributed by atoms with Gasteiger partial charge in [0.2, 0.25) is 5.91 Å². The van der Waals surface area contributed by atoms with Crippen LogP contribution in [0, 0.1) is 5.82 Å². The van der Waals surface area contributed by atoms with Crippen LogP contribution < -0.4 is 10.9 Å². The Labute approximate surface area is 193 Å². The first-order valence-corrected chi connectivity index (χ1v) is 11.4. The second-order valence-electron chi connectivity index (χ2n) is 8.44. The molecule has 0 unspecified atom stereocenters. The van der Waals surface area contributed by atoms with E-state index >= 15 is 0 Å². The van der Waals surface area contributed by atoms with Crippen LogP contribution in [-0.2, 0) is 43.8 Å². The fourth-order valence-corrected chi connectivity index (χ4v) is 4.19. The standard InChI is InChI=1S/C26H29FN4O2/c1-2-6-24-29-23-17-30(16-20-7-4-3-5-8-20)14-13-22(23)26(33)31(24)18-25(32)28-15-19-9-11-21(27)12-10-19/h3-5,7-12H,2,6,13-18H2,1H3,(H,28,32). The molecule has 4 rings (SSSR count). The van der Waals surface area contributed by atoms with E-state index in [-0.39, 0.29) is 30.4 Å². The number of hydrogen-bond donors (Lipinski definition) is 1. The minimum absolute atomic E-state index is 0.0661. The van der Waals surface area contributed by atoms with E-state index in [9.17, 15) is 14.0 Å². The van der Waals surface area contributed by atoms with Gasteiger partial charge in [0, 0.05) is 38.2 Å². The molecule has 3 aromatic rings. The van der Waals surface area contributed by atoms with Gasteiger partial charge in [0.25, 0.3) is 5.56 Å². The number of carbonyl (C=O) groups excluding carboxylic acids is 1. The number of benzene rings is 2. The third-order valence-corrected chi connectivity index (χ3v) is 5.91. The van der Waals surface area contributed by atoms with Gasteiger partial charge in [0.15, 0.2) is 0 Å². The molecule has 0 radical (unpaired) electrons. The Morgan fingerprint density at radius 1 is 1.09 bits per heavy atom. The van der Waals surface area contributed by atoms with Crippen LogP contribution in [0.4, 0.5) is 4.39 Å². The smallest absolute Gasteiger partial charge is 0.257 e. The lowest BCUT2D eigenvalue weighted by atomic mass is 10.0. The SMILES string of the molecule is CCCc1nc2c(c(=O)n1CC(=O)NCc1ccc(F)cc1)CCN(Cc1ccccc1)C2. The largest absolute Gasteiger partial charge is 0.350 e. The van der Waals surface area contributed by atoms with E-state index < -0.39 is 0 Å². The van der Waals surface area contributed by atoms with Crippen LogP contribution in [-0.4, -0.2) is 26.9 Å². The highest BCUT2D eigenvalue weighted by molar-refractivity contribution is 5.75. The van der Waals surface area contributed by atoms with Gasteiger partial charge in [0.1, 0.15) is 18.2 Å². The van der Waals surface area contributed by atoms with Crippen molar-refractivity contribution in [2.45, 2.75) is 52.4 Å². The molecule has 0 atom stereocenters. The van der Waals surface area contributed by atoms with Gasteiger partial charge in [-0.15, -0.1) is 0 Å². The molecule has 6 nitrogen and oxygen atoms in total. The predicted octanol–water partition coefficient (Wildman–Crippen LogP) is 3.21. The molecule has 0 aliphatic carbocycles. The summed E-state index contributed by atoms with van der Waals surface area (Å²) in [7, 11) is 0. The topological polar surface area (TPSA) is 67.2 Å². The molecule has 1 aromatic heterocycles. The average molecular weight is 449 g/mol. The van der Waals surface area contributed by atoms with Gasteiger partial charge in [-0.1, -0.05) is 49.4 Å². The van der Waals surface area contributed by atoms with Crippen LogP contribution in [0.5, 0.6) is 0 Å². The molecule has 1 amide bonds. The summed E-state index contributed by atoms with van der Waals surface area (Å²) >= 11 is 0. The number of rotatable bonds is 8. The zero-order valence-electron chi connectivity index (χ0n) is 18.9. The fraction of sp³-hybridized carbons (Fsp3) is 0.346. The predicted molar refractivity (Wildman–Crippen MR) is 125 cm³/mol. The number of amides is 1. The maximum Gasteiger partial charge on any atom is 0.257 e. The van der Waals surface area contributed by atoms with E-state index in [1.54, 1.807) is 12.1 Å². The van der Waals surface area contributed by atoms with E-state index in [1.807, 2.05) is 25.1 Å². The normalized spacial score (nSPS) is 13.5. The van der Waals surface area contributed by atoms with E-state index in [2.05, 4.69) is 22.3 Å². The van der Waals surface area contributed by atoms with E-state index in [1.165, 1.54) is 22.3 Å². The summed E-state index contributed by atoms with van der Waals surface area (Å²) in [5.74, 6) is 0.0742. The number of nitrogens with one attached hydrogen (secondary N) is 1. The number of halogens is 1. The number of nitrogens with zero attached hydrogens (tertiary/aromatic N) is 3. The van der Waals surface area contributed by atoms with Crippen molar-refractivity contribution in [2.24, 2.45) is 0 Å². The van der Waals surface area contributed by atoms with Gasteiger partial charge in [0.05, 0.1) is 5.69 Å². The fourth-order valence-electron chi connectivity index (χ4n) is 4.19. The molecular formula is C26H29FN4O2. The van der Waals surface area contributed by atoms with Crippen LogP contribution in [0.1, 0.15) is 41.6 Å². The van der Waals surface area contributed by atoms with Gasteiger partial charge >= 0.3 is 0 Å². The summed E-state index contributed by atoms with van der Waals surface area (Å²) in [6, 6.07) is 16.3. The highest BCUT2D eigenvalue weighted by atomic mass is 19.1. The van der Waals surface area contributed by atoms with Crippen LogP contribution in [0.3, 0.4) is 0 Å². The molecule has 2 heterocycles. The van der Waals surface area contributed by atoms with E-state index in [4.69, 9.17) is 4.98 Å². The quantitative estimate of drug-likeness (QED) is 0.575. The molecule has 1 aliphatic rings. The van der Waals surface area contributed by atoms with Crippen molar-refractivity contribution in [1.29, 1.82) is 0 Å². The van der Waals surface area contributed by atoms with E-state index in [0.717, 1.165) is 30.8 Å². The Morgan fingerprint density at radius 2 is 1.85 bits per heavy atom. The van der Waals surface area contributed by atoms with Crippen molar-refractivity contribution in [3.05, 3.63) is 99.0 Å². The summed E-state index contributed by atoms with van der Waals surface area (Å²) in [6.07, 6.45) is 2.08. The van der Waals surface area contributed by atoms with Crippen LogP contribution in [0.15, 0.2) is 59.4 Å². The third-order valence-electron chi connectivity index (χ3n) is 5.91. The Bertz CT molecular complexity index is 1160. The van der Waals surface area contributed by atoms with Crippen molar-refractivity contribution < 1.29 is 9.18 Å². The summed E-state index contributed by atoms with van der Waals surface area (Å²) in [6.45, 7) is 4.48. The molecule has 7 heteroatoms. The lowest BCUT2D eigenvalue weighted by Crippen LogP contribution is -2.40. The maximum atomic E-state index is 13.3. The maximum absolute atomic E-state index is 13.3. The minimum atomic E-state index is -0.316. The van der Waals surface area contributed by atoms with Crippen LogP contribution in [0.2, 0.25) is 0 Å². The molecule has 0 saturated heterocycles. The molecule has 33 heavy (non-hydrogen) atoms. The highest BCUT2D eigenvalue weighted by Gasteiger charge is 2.24. The molecule has 172 valence electrons. The Morgan fingerprint density at radius 3 is 2.58 bits per heavy atom. The van der Waals surface area contributed by atoms with Gasteiger partial charge < -0.3 is 5.32 Å². The lowest BCUT2D eigenvalue weighted by molar-refractivity contribution is -0.121. The number of aryl methyl sites for hydroxylation is 1. The number of fused-ring (bicyclic) bond motifs is 1. The van der Waals surface area contributed by atoms with Gasteiger partial charge in [-0.25, -0.2) is 9.37 Å². The second kappa shape index (κ2) is 10.5. The van der Waals surface area contributed by atoms with Crippen molar-refractivity contribution in [3.63, 3.8) is 0 Å². The first-order valence-electron chi connectivity index (χ1n) is 11.4. The Hall–Kier alpha value is -3.32. The number of carbonyl (C=O) groups is 1. The highest BCUT2D eigenvalue weighted by Crippen LogP contribution is 2.18. The minimum Gasteiger partial charge on any atom is -0.350 e. The zero-order chi connectivity index (χ0) is 23.2. The average Bonchev–Trinajstić information content (AvgIpc) is 2.82. The van der Waals surface area contributed by atoms with Crippen molar-refractivity contribution in [2.75, 3.05) is 6.54 Å². The van der Waals surface area contributed by atoms with Crippen molar-refractivity contribution >= 4 is 5.91 Å². The molecule has 0 spiro atoms. The summed E-state index contributed by atoms with van der Waals surface area (Å²) in [5.41, 5.74) is 3.47. The monoisotopic (exact) mass is 448 g/mol. The van der Waals surface area contributed by atoms with Gasteiger partial charge in [-0.3, -0.25) is 19.1 Å². The lowest BCUT2D eigenvalue weighted by Gasteiger charge is -2.29.